The zero-order valence-electron chi connectivity index (χ0n) is 18.7. The third-order valence-corrected chi connectivity index (χ3v) is 7.36. The predicted octanol–water partition coefficient (Wildman–Crippen LogP) is 6.55. The average Bonchev–Trinajstić information content (AvgIpc) is 3.26. The van der Waals surface area contributed by atoms with E-state index < -0.39 is 18.4 Å². The van der Waals surface area contributed by atoms with Crippen LogP contribution in [0.1, 0.15) is 75.3 Å². The van der Waals surface area contributed by atoms with Gasteiger partial charge in [0.05, 0.1) is 27.2 Å². The second kappa shape index (κ2) is 8.73. The fourth-order valence-corrected chi connectivity index (χ4v) is 5.71. The maximum atomic E-state index is 14.8. The van der Waals surface area contributed by atoms with Gasteiger partial charge in [0.25, 0.3) is 0 Å². The van der Waals surface area contributed by atoms with E-state index in [0.29, 0.717) is 35.1 Å². The van der Waals surface area contributed by atoms with Crippen molar-refractivity contribution < 1.29 is 13.9 Å². The summed E-state index contributed by atoms with van der Waals surface area (Å²) in [4.78, 5) is 5.42. The lowest BCUT2D eigenvalue weighted by molar-refractivity contribution is 0.0929. The Hall–Kier alpha value is -2.62. The van der Waals surface area contributed by atoms with E-state index in [9.17, 15) is 19.1 Å². The summed E-state index contributed by atoms with van der Waals surface area (Å²) in [6, 6.07) is 9.62. The molecule has 166 valence electrons. The molecule has 1 aliphatic carbocycles. The van der Waals surface area contributed by atoms with Crippen molar-refractivity contribution in [3.63, 3.8) is 0 Å². The van der Waals surface area contributed by atoms with Crippen LogP contribution in [0, 0.1) is 32.1 Å². The number of aromatic nitrogens is 1. The summed E-state index contributed by atoms with van der Waals surface area (Å²) in [5.74, 6) is 0. The number of aryl methyl sites for hydroxylation is 3. The number of nitriles is 1. The molecule has 32 heavy (non-hydrogen) atoms. The van der Waals surface area contributed by atoms with Crippen LogP contribution < -0.4 is 0 Å². The molecule has 0 spiro atoms. The predicted molar refractivity (Wildman–Crippen MR) is 123 cm³/mol. The van der Waals surface area contributed by atoms with Gasteiger partial charge in [-0.3, -0.25) is 0 Å². The van der Waals surface area contributed by atoms with Crippen LogP contribution in [0.4, 0.5) is 8.78 Å². The molecular formula is C26H26F2N2OS. The van der Waals surface area contributed by atoms with Crippen LogP contribution >= 0.6 is 11.3 Å². The van der Waals surface area contributed by atoms with Gasteiger partial charge in [0.1, 0.15) is 18.4 Å². The molecule has 0 saturated carbocycles. The summed E-state index contributed by atoms with van der Waals surface area (Å²) < 4.78 is 29.6. The fraction of sp³-hybridized carbons (Fsp3) is 0.385. The number of rotatable bonds is 5. The van der Waals surface area contributed by atoms with Crippen molar-refractivity contribution in [2.45, 2.75) is 65.4 Å². The summed E-state index contributed by atoms with van der Waals surface area (Å²) in [5, 5.41) is 21.3. The van der Waals surface area contributed by atoms with Gasteiger partial charge in [-0.05, 0) is 78.6 Å². The molecule has 0 saturated heterocycles. The number of benzene rings is 2. The van der Waals surface area contributed by atoms with E-state index in [0.717, 1.165) is 37.8 Å². The number of fused-ring (bicyclic) bond motifs is 1. The minimum absolute atomic E-state index is 0.104. The number of hydrogen-bond acceptors (Lipinski definition) is 4. The first-order valence-corrected chi connectivity index (χ1v) is 11.7. The Morgan fingerprint density at radius 1 is 1.28 bits per heavy atom. The quantitative estimate of drug-likeness (QED) is 0.478. The molecule has 1 N–H and O–H groups in total. The molecule has 4 rings (SSSR count). The van der Waals surface area contributed by atoms with Crippen LogP contribution in [0.25, 0.3) is 10.4 Å². The second-order valence-corrected chi connectivity index (χ2v) is 9.72. The Labute approximate surface area is 191 Å². The summed E-state index contributed by atoms with van der Waals surface area (Å²) in [5.41, 5.74) is 6.29. The highest BCUT2D eigenvalue weighted by atomic mass is 32.1. The standard InChI is InChI=1S/C26H26F2N2OS/c1-5-22(27)21-9-13(2)8-17(12-29)19(21)10-16-6-7-18(26-14(3)30-15(4)32-26)24-20(16)11-23(28)25(24)31/h6-9,22-23,25,31H,5,10-11H2,1-4H3. The van der Waals surface area contributed by atoms with E-state index in [1.165, 1.54) is 11.3 Å². The van der Waals surface area contributed by atoms with Crippen molar-refractivity contribution in [2.75, 3.05) is 0 Å². The third-order valence-electron chi connectivity index (χ3n) is 6.25. The van der Waals surface area contributed by atoms with Crippen LogP contribution in [-0.4, -0.2) is 16.3 Å². The normalized spacial score (nSPS) is 18.4. The van der Waals surface area contributed by atoms with E-state index in [1.807, 2.05) is 32.9 Å². The van der Waals surface area contributed by atoms with Gasteiger partial charge in [0.2, 0.25) is 0 Å². The number of hydrogen-bond donors (Lipinski definition) is 1. The van der Waals surface area contributed by atoms with E-state index in [4.69, 9.17) is 0 Å². The van der Waals surface area contributed by atoms with E-state index >= 15 is 0 Å². The van der Waals surface area contributed by atoms with Gasteiger partial charge in [-0.15, -0.1) is 11.3 Å². The fourth-order valence-electron chi connectivity index (χ4n) is 4.75. The van der Waals surface area contributed by atoms with Crippen molar-refractivity contribution >= 4 is 11.3 Å². The molecule has 1 aliphatic rings. The van der Waals surface area contributed by atoms with Gasteiger partial charge in [0, 0.05) is 6.42 Å². The number of aliphatic hydroxyl groups excluding tert-OH is 1. The number of halogens is 2. The number of nitrogens with zero attached hydrogens (tertiary/aromatic N) is 2. The first-order chi connectivity index (χ1) is 15.2. The zero-order valence-corrected chi connectivity index (χ0v) is 19.5. The molecule has 2 aromatic carbocycles. The molecule has 0 aliphatic heterocycles. The van der Waals surface area contributed by atoms with Gasteiger partial charge in [-0.2, -0.15) is 5.26 Å². The van der Waals surface area contributed by atoms with E-state index in [1.54, 1.807) is 19.1 Å². The zero-order chi connectivity index (χ0) is 23.2. The average molecular weight is 453 g/mol. The van der Waals surface area contributed by atoms with E-state index in [-0.39, 0.29) is 6.42 Å². The molecule has 0 bridgehead atoms. The van der Waals surface area contributed by atoms with Crippen molar-refractivity contribution in [1.82, 2.24) is 4.98 Å². The van der Waals surface area contributed by atoms with Crippen LogP contribution in [0.15, 0.2) is 24.3 Å². The summed E-state index contributed by atoms with van der Waals surface area (Å²) >= 11 is 1.53. The largest absolute Gasteiger partial charge is 0.385 e. The Morgan fingerprint density at radius 2 is 2.03 bits per heavy atom. The van der Waals surface area contributed by atoms with Crippen molar-refractivity contribution in [1.29, 1.82) is 5.26 Å². The van der Waals surface area contributed by atoms with Gasteiger partial charge in [0.15, 0.2) is 0 Å². The minimum Gasteiger partial charge on any atom is -0.385 e. The van der Waals surface area contributed by atoms with Crippen LogP contribution in [-0.2, 0) is 12.8 Å². The van der Waals surface area contributed by atoms with Crippen molar-refractivity contribution in [3.05, 3.63) is 73.9 Å². The van der Waals surface area contributed by atoms with Crippen molar-refractivity contribution in [2.24, 2.45) is 0 Å². The molecule has 1 aromatic heterocycles. The van der Waals surface area contributed by atoms with Crippen LogP contribution in [0.5, 0.6) is 0 Å². The Bertz CT molecular complexity index is 1230. The maximum absolute atomic E-state index is 14.8. The molecular weight excluding hydrogens is 426 g/mol. The second-order valence-electron chi connectivity index (χ2n) is 8.52. The van der Waals surface area contributed by atoms with Gasteiger partial charge >= 0.3 is 0 Å². The molecule has 0 amide bonds. The SMILES string of the molecule is CCC(F)c1cc(C)cc(C#N)c1Cc1ccc(-c2sc(C)nc2C)c2c1CC(F)C2O. The van der Waals surface area contributed by atoms with Crippen LogP contribution in [0.3, 0.4) is 0 Å². The molecule has 0 radical (unpaired) electrons. The smallest absolute Gasteiger partial charge is 0.134 e. The van der Waals surface area contributed by atoms with Crippen LogP contribution in [0.2, 0.25) is 0 Å². The molecule has 3 unspecified atom stereocenters. The van der Waals surface area contributed by atoms with E-state index in [2.05, 4.69) is 11.1 Å². The van der Waals surface area contributed by atoms with Gasteiger partial charge in [-0.25, -0.2) is 13.8 Å². The highest BCUT2D eigenvalue weighted by Gasteiger charge is 2.36. The number of thiazole rings is 1. The summed E-state index contributed by atoms with van der Waals surface area (Å²) in [6.07, 6.45) is -3.04. The number of aliphatic hydroxyl groups is 1. The lowest BCUT2D eigenvalue weighted by atomic mass is 9.87. The highest BCUT2D eigenvalue weighted by Crippen LogP contribution is 2.45. The first kappa shape index (κ1) is 22.6. The molecule has 1 heterocycles. The molecule has 0 fully saturated rings. The van der Waals surface area contributed by atoms with Gasteiger partial charge < -0.3 is 5.11 Å². The first-order valence-electron chi connectivity index (χ1n) is 10.8. The Morgan fingerprint density at radius 3 is 2.66 bits per heavy atom. The highest BCUT2D eigenvalue weighted by molar-refractivity contribution is 7.15. The topological polar surface area (TPSA) is 56.9 Å². The Kier molecular flexibility index (Phi) is 6.15. The van der Waals surface area contributed by atoms with Crippen molar-refractivity contribution in [3.8, 4) is 16.5 Å². The summed E-state index contributed by atoms with van der Waals surface area (Å²) in [7, 11) is 0. The minimum atomic E-state index is -1.39. The lowest BCUT2D eigenvalue weighted by Crippen LogP contribution is -2.07. The van der Waals surface area contributed by atoms with Gasteiger partial charge in [-0.1, -0.05) is 25.1 Å². The Balaban J connectivity index is 1.88. The molecule has 6 heteroatoms. The molecule has 3 aromatic rings. The lowest BCUT2D eigenvalue weighted by Gasteiger charge is -2.18. The molecule has 3 atom stereocenters. The number of alkyl halides is 2. The maximum Gasteiger partial charge on any atom is 0.134 e. The third kappa shape index (κ3) is 3.85. The molecule has 3 nitrogen and oxygen atoms in total. The summed E-state index contributed by atoms with van der Waals surface area (Å²) in [6.45, 7) is 7.47. The monoisotopic (exact) mass is 452 g/mol.